The van der Waals surface area contributed by atoms with Crippen LogP contribution in [0.2, 0.25) is 0 Å². The van der Waals surface area contributed by atoms with Gasteiger partial charge >= 0.3 is 6.09 Å². The lowest BCUT2D eigenvalue weighted by molar-refractivity contribution is 0.0932. The molecule has 0 unspecified atom stereocenters. The van der Waals surface area contributed by atoms with Gasteiger partial charge in [0.05, 0.1) is 21.7 Å². The third-order valence-electron chi connectivity index (χ3n) is 7.41. The predicted molar refractivity (Wildman–Crippen MR) is 159 cm³/mol. The number of nitrogens with one attached hydrogen (secondary N) is 1. The van der Waals surface area contributed by atoms with Gasteiger partial charge in [-0.3, -0.25) is 9.69 Å². The van der Waals surface area contributed by atoms with E-state index in [9.17, 15) is 18.0 Å². The van der Waals surface area contributed by atoms with Crippen molar-refractivity contribution in [3.63, 3.8) is 0 Å². The highest BCUT2D eigenvalue weighted by Crippen LogP contribution is 2.30. The third kappa shape index (κ3) is 6.80. The molecule has 5 rings (SSSR count). The summed E-state index contributed by atoms with van der Waals surface area (Å²) in [6.07, 6.45) is -0.429. The molecule has 41 heavy (non-hydrogen) atoms. The summed E-state index contributed by atoms with van der Waals surface area (Å²) < 4.78 is 33.7. The van der Waals surface area contributed by atoms with Crippen LogP contribution in [0.15, 0.2) is 47.4 Å². The van der Waals surface area contributed by atoms with Gasteiger partial charge in [-0.1, -0.05) is 17.4 Å². The molecule has 0 atom stereocenters. The van der Waals surface area contributed by atoms with Crippen LogP contribution in [0.25, 0.3) is 10.2 Å². The molecule has 2 aromatic carbocycles. The molecule has 220 valence electrons. The fourth-order valence-electron chi connectivity index (χ4n) is 5.00. The van der Waals surface area contributed by atoms with Crippen LogP contribution in [-0.4, -0.2) is 112 Å². The zero-order valence-corrected chi connectivity index (χ0v) is 25.0. The van der Waals surface area contributed by atoms with E-state index in [0.29, 0.717) is 12.1 Å². The van der Waals surface area contributed by atoms with Gasteiger partial charge < -0.3 is 19.9 Å². The van der Waals surface area contributed by atoms with E-state index in [1.165, 1.54) is 43.7 Å². The number of rotatable bonds is 8. The number of hydrogen-bond acceptors (Lipinski definition) is 9. The number of aryl methyl sites for hydroxylation is 1. The largest absolute Gasteiger partial charge is 0.450 e. The van der Waals surface area contributed by atoms with Crippen LogP contribution in [0.5, 0.6) is 0 Å². The van der Waals surface area contributed by atoms with Crippen molar-refractivity contribution < 1.29 is 22.7 Å². The zero-order chi connectivity index (χ0) is 29.0. The number of carbonyl (C=O) groups excluding carboxylic acids is 2. The van der Waals surface area contributed by atoms with E-state index in [2.05, 4.69) is 40.2 Å². The maximum Gasteiger partial charge on any atom is 0.409 e. The molecule has 2 amide bonds. The zero-order valence-electron chi connectivity index (χ0n) is 23.4. The van der Waals surface area contributed by atoms with E-state index in [-0.39, 0.29) is 43.6 Å². The van der Waals surface area contributed by atoms with E-state index in [1.807, 2.05) is 0 Å². The average Bonchev–Trinajstić information content (AvgIpc) is 3.41. The Bertz CT molecular complexity index is 1480. The summed E-state index contributed by atoms with van der Waals surface area (Å²) in [6.45, 7) is 9.85. The van der Waals surface area contributed by atoms with Gasteiger partial charge in [-0.25, -0.2) is 18.2 Å². The average molecular weight is 601 g/mol. The topological polar surface area (TPSA) is 115 Å². The number of thiazole rings is 1. The second kappa shape index (κ2) is 12.7. The van der Waals surface area contributed by atoms with Gasteiger partial charge in [0, 0.05) is 71.0 Å². The van der Waals surface area contributed by atoms with Crippen LogP contribution in [0, 0.1) is 6.92 Å². The first-order valence-corrected chi connectivity index (χ1v) is 16.1. The maximum absolute atomic E-state index is 13.1. The number of anilines is 1. The Morgan fingerprint density at radius 3 is 2.37 bits per heavy atom. The first kappa shape index (κ1) is 29.2. The summed E-state index contributed by atoms with van der Waals surface area (Å²) in [5.74, 6) is -0.236. The molecule has 0 spiro atoms. The molecule has 3 aromatic rings. The van der Waals surface area contributed by atoms with Gasteiger partial charge in [0.15, 0.2) is 5.13 Å². The number of piperazine rings is 2. The highest BCUT2D eigenvalue weighted by molar-refractivity contribution is 7.89. The lowest BCUT2D eigenvalue weighted by Crippen LogP contribution is -2.50. The van der Waals surface area contributed by atoms with Crippen molar-refractivity contribution in [1.29, 1.82) is 0 Å². The Morgan fingerprint density at radius 2 is 1.68 bits per heavy atom. The standard InChI is InChI=1S/C28H36N6O5S2/c1-3-39-28(36)33-16-18-34(19-17-33)41(37,38)23-7-5-22(6-8-23)26(35)29-10-11-31-12-14-32(15-13-31)27-30-24-9-4-21(2)20-25(24)40-27/h4-9,20H,3,10-19H2,1-2H3,(H,29,35). The van der Waals surface area contributed by atoms with E-state index in [0.717, 1.165) is 43.4 Å². The van der Waals surface area contributed by atoms with Crippen molar-refractivity contribution in [3.05, 3.63) is 53.6 Å². The molecular formula is C28H36N6O5S2. The third-order valence-corrected chi connectivity index (χ3v) is 10.4. The minimum atomic E-state index is -3.72. The van der Waals surface area contributed by atoms with Crippen LogP contribution in [-0.2, 0) is 14.8 Å². The number of aromatic nitrogens is 1. The smallest absolute Gasteiger partial charge is 0.409 e. The molecule has 2 aliphatic rings. The van der Waals surface area contributed by atoms with Gasteiger partial charge in [0.2, 0.25) is 10.0 Å². The van der Waals surface area contributed by atoms with Crippen LogP contribution in [0.4, 0.5) is 9.93 Å². The molecule has 13 heteroatoms. The van der Waals surface area contributed by atoms with Crippen molar-refractivity contribution in [2.24, 2.45) is 0 Å². The summed E-state index contributed by atoms with van der Waals surface area (Å²) in [7, 11) is -3.72. The second-order valence-electron chi connectivity index (χ2n) is 10.2. The number of benzene rings is 2. The fourth-order valence-corrected chi connectivity index (χ4v) is 7.54. The predicted octanol–water partition coefficient (Wildman–Crippen LogP) is 2.62. The Hall–Kier alpha value is -3.26. The van der Waals surface area contributed by atoms with Crippen molar-refractivity contribution in [2.75, 3.05) is 77.0 Å². The minimum absolute atomic E-state index is 0.125. The van der Waals surface area contributed by atoms with Gasteiger partial charge in [0.25, 0.3) is 5.91 Å². The number of amides is 2. The minimum Gasteiger partial charge on any atom is -0.450 e. The molecule has 1 aromatic heterocycles. The van der Waals surface area contributed by atoms with Gasteiger partial charge in [0.1, 0.15) is 0 Å². The van der Waals surface area contributed by atoms with Crippen LogP contribution >= 0.6 is 11.3 Å². The Balaban J connectivity index is 1.06. The highest BCUT2D eigenvalue weighted by Gasteiger charge is 2.30. The molecule has 11 nitrogen and oxygen atoms in total. The molecule has 3 heterocycles. The van der Waals surface area contributed by atoms with E-state index < -0.39 is 16.1 Å². The molecule has 0 saturated carbocycles. The van der Waals surface area contributed by atoms with Crippen molar-refractivity contribution in [2.45, 2.75) is 18.7 Å². The summed E-state index contributed by atoms with van der Waals surface area (Å²) in [5.41, 5.74) is 2.69. The molecule has 0 radical (unpaired) electrons. The summed E-state index contributed by atoms with van der Waals surface area (Å²) >= 11 is 1.73. The van der Waals surface area contributed by atoms with Crippen molar-refractivity contribution in [1.82, 2.24) is 24.4 Å². The Labute approximate surface area is 244 Å². The van der Waals surface area contributed by atoms with Crippen LogP contribution in [0.3, 0.4) is 0 Å². The highest BCUT2D eigenvalue weighted by atomic mass is 32.2. The number of fused-ring (bicyclic) bond motifs is 1. The molecule has 0 bridgehead atoms. The molecular weight excluding hydrogens is 564 g/mol. The van der Waals surface area contributed by atoms with Gasteiger partial charge in [-0.2, -0.15) is 4.31 Å². The van der Waals surface area contributed by atoms with Gasteiger partial charge in [-0.05, 0) is 55.8 Å². The van der Waals surface area contributed by atoms with Crippen molar-refractivity contribution >= 4 is 48.7 Å². The SMILES string of the molecule is CCOC(=O)N1CCN(S(=O)(=O)c2ccc(C(=O)NCCN3CCN(c4nc5ccc(C)cc5s4)CC3)cc2)CC1. The number of sulfonamides is 1. The van der Waals surface area contributed by atoms with E-state index >= 15 is 0 Å². The monoisotopic (exact) mass is 600 g/mol. The summed E-state index contributed by atoms with van der Waals surface area (Å²) in [6, 6.07) is 12.3. The molecule has 1 N–H and O–H groups in total. The second-order valence-corrected chi connectivity index (χ2v) is 13.1. The lowest BCUT2D eigenvalue weighted by atomic mass is 10.2. The number of ether oxygens (including phenoxy) is 1. The number of nitrogens with zero attached hydrogens (tertiary/aromatic N) is 5. The molecule has 2 fully saturated rings. The first-order chi connectivity index (χ1) is 19.7. The van der Waals surface area contributed by atoms with Crippen LogP contribution in [0.1, 0.15) is 22.8 Å². The molecule has 2 aliphatic heterocycles. The quantitative estimate of drug-likeness (QED) is 0.420. The Morgan fingerprint density at radius 1 is 0.976 bits per heavy atom. The van der Waals surface area contributed by atoms with E-state index in [1.54, 1.807) is 18.3 Å². The lowest BCUT2D eigenvalue weighted by Gasteiger charge is -2.34. The van der Waals surface area contributed by atoms with Gasteiger partial charge in [-0.15, -0.1) is 0 Å². The first-order valence-electron chi connectivity index (χ1n) is 13.9. The van der Waals surface area contributed by atoms with Crippen molar-refractivity contribution in [3.8, 4) is 0 Å². The number of carbonyl (C=O) groups is 2. The van der Waals surface area contributed by atoms with Crippen LogP contribution < -0.4 is 10.2 Å². The Kier molecular flexibility index (Phi) is 9.07. The fraction of sp³-hybridized carbons (Fsp3) is 0.464. The summed E-state index contributed by atoms with van der Waals surface area (Å²) in [4.78, 5) is 35.7. The summed E-state index contributed by atoms with van der Waals surface area (Å²) in [5, 5.41) is 4.00. The maximum atomic E-state index is 13.1. The normalized spacial score (nSPS) is 17.1. The number of hydrogen-bond donors (Lipinski definition) is 1. The molecule has 0 aliphatic carbocycles. The van der Waals surface area contributed by atoms with E-state index in [4.69, 9.17) is 9.72 Å². The molecule has 2 saturated heterocycles.